The van der Waals surface area contributed by atoms with Gasteiger partial charge in [0.15, 0.2) is 0 Å². The van der Waals surface area contributed by atoms with Crippen molar-refractivity contribution < 1.29 is 4.39 Å². The fraction of sp³-hybridized carbons (Fsp3) is 0.0833. The van der Waals surface area contributed by atoms with Crippen LogP contribution in [0.5, 0.6) is 0 Å². The van der Waals surface area contributed by atoms with Crippen molar-refractivity contribution in [2.75, 3.05) is 11.1 Å². The molecular formula is C12H11ClFN3. The van der Waals surface area contributed by atoms with Crippen molar-refractivity contribution in [3.63, 3.8) is 0 Å². The van der Waals surface area contributed by atoms with Crippen molar-refractivity contribution in [3.8, 4) is 0 Å². The first-order valence-electron chi connectivity index (χ1n) is 5.05. The fourth-order valence-corrected chi connectivity index (χ4v) is 1.62. The van der Waals surface area contributed by atoms with Crippen LogP contribution in [0.25, 0.3) is 0 Å². The maximum Gasteiger partial charge on any atom is 0.133 e. The standard InChI is InChI=1S/C12H11ClFN3/c13-11-5-10(15)6-12(17-11)16-7-8-1-3-9(14)4-2-8/h1-6H,7H2,(H3,15,16,17). The van der Waals surface area contributed by atoms with Gasteiger partial charge >= 0.3 is 0 Å². The Morgan fingerprint density at radius 3 is 2.59 bits per heavy atom. The zero-order chi connectivity index (χ0) is 12.3. The van der Waals surface area contributed by atoms with Crippen molar-refractivity contribution >= 4 is 23.1 Å². The molecule has 0 unspecified atom stereocenters. The molecule has 17 heavy (non-hydrogen) atoms. The molecule has 0 fully saturated rings. The number of hydrogen-bond donors (Lipinski definition) is 2. The minimum absolute atomic E-state index is 0.251. The SMILES string of the molecule is Nc1cc(Cl)nc(NCc2ccc(F)cc2)c1. The van der Waals surface area contributed by atoms with Crippen LogP contribution in [0.2, 0.25) is 5.15 Å². The average Bonchev–Trinajstić information content (AvgIpc) is 2.27. The second-order valence-electron chi connectivity index (χ2n) is 3.59. The zero-order valence-electron chi connectivity index (χ0n) is 8.95. The molecule has 0 atom stereocenters. The molecule has 1 aromatic carbocycles. The van der Waals surface area contributed by atoms with Crippen LogP contribution in [0.4, 0.5) is 15.9 Å². The Morgan fingerprint density at radius 2 is 1.94 bits per heavy atom. The van der Waals surface area contributed by atoms with Gasteiger partial charge in [-0.2, -0.15) is 0 Å². The maximum absolute atomic E-state index is 12.7. The van der Waals surface area contributed by atoms with Crippen LogP contribution in [-0.2, 0) is 6.54 Å². The summed E-state index contributed by atoms with van der Waals surface area (Å²) in [5, 5.41) is 3.40. The Labute approximate surface area is 103 Å². The van der Waals surface area contributed by atoms with E-state index in [0.29, 0.717) is 23.2 Å². The van der Waals surface area contributed by atoms with Gasteiger partial charge in [-0.1, -0.05) is 23.7 Å². The fourth-order valence-electron chi connectivity index (χ4n) is 1.40. The Bertz CT molecular complexity index is 493. The molecule has 0 radical (unpaired) electrons. The molecule has 0 aliphatic heterocycles. The summed E-state index contributed by atoms with van der Waals surface area (Å²) >= 11 is 5.77. The second kappa shape index (κ2) is 5.01. The molecule has 5 heteroatoms. The molecule has 1 heterocycles. The lowest BCUT2D eigenvalue weighted by molar-refractivity contribution is 0.627. The summed E-state index contributed by atoms with van der Waals surface area (Å²) in [6, 6.07) is 9.50. The first-order valence-corrected chi connectivity index (χ1v) is 5.42. The minimum atomic E-state index is -0.251. The van der Waals surface area contributed by atoms with E-state index in [1.807, 2.05) is 0 Å². The number of hydrogen-bond acceptors (Lipinski definition) is 3. The number of benzene rings is 1. The third-order valence-electron chi connectivity index (χ3n) is 2.20. The number of nitrogen functional groups attached to an aromatic ring is 1. The van der Waals surface area contributed by atoms with E-state index < -0.39 is 0 Å². The van der Waals surface area contributed by atoms with Crippen LogP contribution < -0.4 is 11.1 Å². The number of nitrogens with two attached hydrogens (primary N) is 1. The van der Waals surface area contributed by atoms with Gasteiger partial charge in [-0.3, -0.25) is 0 Å². The van der Waals surface area contributed by atoms with E-state index in [9.17, 15) is 4.39 Å². The number of nitrogens with zero attached hydrogens (tertiary/aromatic N) is 1. The zero-order valence-corrected chi connectivity index (χ0v) is 9.71. The third kappa shape index (κ3) is 3.32. The van der Waals surface area contributed by atoms with E-state index in [-0.39, 0.29) is 5.82 Å². The molecule has 2 rings (SSSR count). The molecule has 0 aliphatic carbocycles. The van der Waals surface area contributed by atoms with Crippen LogP contribution in [0.15, 0.2) is 36.4 Å². The molecule has 0 saturated carbocycles. The van der Waals surface area contributed by atoms with E-state index in [4.69, 9.17) is 17.3 Å². The van der Waals surface area contributed by atoms with Crippen LogP contribution >= 0.6 is 11.6 Å². The van der Waals surface area contributed by atoms with Crippen LogP contribution in [0, 0.1) is 5.82 Å². The normalized spacial score (nSPS) is 10.2. The summed E-state index contributed by atoms with van der Waals surface area (Å²) in [4.78, 5) is 4.07. The van der Waals surface area contributed by atoms with Gasteiger partial charge in [0.1, 0.15) is 16.8 Å². The summed E-state index contributed by atoms with van der Waals surface area (Å²) in [7, 11) is 0. The first kappa shape index (κ1) is 11.7. The van der Waals surface area contributed by atoms with E-state index >= 15 is 0 Å². The summed E-state index contributed by atoms with van der Waals surface area (Å²) in [5.74, 6) is 0.346. The number of aromatic nitrogens is 1. The summed E-state index contributed by atoms with van der Waals surface area (Å²) in [6.45, 7) is 0.535. The van der Waals surface area contributed by atoms with E-state index in [0.717, 1.165) is 5.56 Å². The lowest BCUT2D eigenvalue weighted by atomic mass is 10.2. The van der Waals surface area contributed by atoms with Gasteiger partial charge in [-0.05, 0) is 23.8 Å². The van der Waals surface area contributed by atoms with Crippen LogP contribution in [0.3, 0.4) is 0 Å². The Hall–Kier alpha value is -1.81. The van der Waals surface area contributed by atoms with Crippen molar-refractivity contribution in [2.24, 2.45) is 0 Å². The molecule has 0 bridgehead atoms. The summed E-state index contributed by atoms with van der Waals surface area (Å²) in [6.07, 6.45) is 0. The van der Waals surface area contributed by atoms with Gasteiger partial charge < -0.3 is 11.1 Å². The van der Waals surface area contributed by atoms with E-state index in [2.05, 4.69) is 10.3 Å². The van der Waals surface area contributed by atoms with Crippen molar-refractivity contribution in [3.05, 3.63) is 52.9 Å². The maximum atomic E-state index is 12.7. The molecule has 1 aromatic heterocycles. The highest BCUT2D eigenvalue weighted by Gasteiger charge is 1.99. The topological polar surface area (TPSA) is 50.9 Å². The van der Waals surface area contributed by atoms with Crippen LogP contribution in [0.1, 0.15) is 5.56 Å². The smallest absolute Gasteiger partial charge is 0.133 e. The molecule has 88 valence electrons. The van der Waals surface area contributed by atoms with Gasteiger partial charge in [0.2, 0.25) is 0 Å². The molecule has 3 nitrogen and oxygen atoms in total. The largest absolute Gasteiger partial charge is 0.399 e. The molecule has 0 aliphatic rings. The number of rotatable bonds is 3. The molecule has 2 aromatic rings. The highest BCUT2D eigenvalue weighted by Crippen LogP contribution is 2.16. The molecule has 0 spiro atoms. The molecule has 3 N–H and O–H groups in total. The number of nitrogens with one attached hydrogen (secondary N) is 1. The van der Waals surface area contributed by atoms with Gasteiger partial charge in [0.25, 0.3) is 0 Å². The van der Waals surface area contributed by atoms with Gasteiger partial charge in [-0.15, -0.1) is 0 Å². The molecular weight excluding hydrogens is 241 g/mol. The highest BCUT2D eigenvalue weighted by atomic mass is 35.5. The van der Waals surface area contributed by atoms with Crippen molar-refractivity contribution in [1.29, 1.82) is 0 Å². The van der Waals surface area contributed by atoms with Crippen molar-refractivity contribution in [1.82, 2.24) is 4.98 Å². The quantitative estimate of drug-likeness (QED) is 0.825. The number of pyridine rings is 1. The molecule has 0 saturated heterocycles. The lowest BCUT2D eigenvalue weighted by Crippen LogP contribution is -2.02. The predicted molar refractivity (Wildman–Crippen MR) is 67.4 cm³/mol. The predicted octanol–water partition coefficient (Wildman–Crippen LogP) is 3.07. The second-order valence-corrected chi connectivity index (χ2v) is 3.98. The Morgan fingerprint density at radius 1 is 1.24 bits per heavy atom. The minimum Gasteiger partial charge on any atom is -0.399 e. The summed E-state index contributed by atoms with van der Waals surface area (Å²) < 4.78 is 12.7. The third-order valence-corrected chi connectivity index (χ3v) is 2.40. The number of halogens is 2. The van der Waals surface area contributed by atoms with Gasteiger partial charge in [0, 0.05) is 18.3 Å². The van der Waals surface area contributed by atoms with Crippen molar-refractivity contribution in [2.45, 2.75) is 6.54 Å². The molecule has 0 amide bonds. The monoisotopic (exact) mass is 251 g/mol. The Balaban J connectivity index is 2.04. The first-order chi connectivity index (χ1) is 8.13. The Kier molecular flexibility index (Phi) is 3.44. The lowest BCUT2D eigenvalue weighted by Gasteiger charge is -2.06. The number of anilines is 2. The van der Waals surface area contributed by atoms with E-state index in [1.54, 1.807) is 24.3 Å². The van der Waals surface area contributed by atoms with Crippen LogP contribution in [-0.4, -0.2) is 4.98 Å². The van der Waals surface area contributed by atoms with E-state index in [1.165, 1.54) is 12.1 Å². The summed E-state index contributed by atoms with van der Waals surface area (Å²) in [5.41, 5.74) is 7.13. The van der Waals surface area contributed by atoms with Gasteiger partial charge in [-0.25, -0.2) is 9.37 Å². The highest BCUT2D eigenvalue weighted by molar-refractivity contribution is 6.29. The average molecular weight is 252 g/mol. The van der Waals surface area contributed by atoms with Gasteiger partial charge in [0.05, 0.1) is 0 Å².